The summed E-state index contributed by atoms with van der Waals surface area (Å²) in [6.45, 7) is 4.25. The van der Waals surface area contributed by atoms with Crippen LogP contribution in [-0.2, 0) is 0 Å². The molecule has 0 saturated heterocycles. The quantitative estimate of drug-likeness (QED) is 0.724. The predicted octanol–water partition coefficient (Wildman–Crippen LogP) is 3.51. The van der Waals surface area contributed by atoms with Crippen molar-refractivity contribution in [2.45, 2.75) is 19.8 Å². The maximum atomic E-state index is 8.64. The van der Waals surface area contributed by atoms with E-state index in [0.29, 0.717) is 5.92 Å². The summed E-state index contributed by atoms with van der Waals surface area (Å²) in [5.41, 5.74) is 0.749. The largest absolute Gasteiger partial charge is 0.192 e. The Balaban J connectivity index is 3.07. The summed E-state index contributed by atoms with van der Waals surface area (Å²) in [4.78, 5) is 1.26. The van der Waals surface area contributed by atoms with E-state index in [1.54, 1.807) is 11.3 Å². The highest BCUT2D eigenvalue weighted by Gasteiger charge is 2.07. The van der Waals surface area contributed by atoms with Crippen molar-refractivity contribution in [3.63, 3.8) is 0 Å². The van der Waals surface area contributed by atoms with Gasteiger partial charge in [-0.3, -0.25) is 0 Å². The first-order chi connectivity index (χ1) is 5.15. The second kappa shape index (κ2) is 3.38. The summed E-state index contributed by atoms with van der Waals surface area (Å²) in [6, 6.07) is 4.08. The molecule has 1 aromatic heterocycles. The van der Waals surface area contributed by atoms with Gasteiger partial charge in [0, 0.05) is 4.88 Å². The molecule has 0 aromatic carbocycles. The van der Waals surface area contributed by atoms with Gasteiger partial charge in [-0.05, 0) is 27.9 Å². The second-order valence-electron chi connectivity index (χ2n) is 2.60. The number of hydrogen-bond donors (Lipinski definition) is 0. The summed E-state index contributed by atoms with van der Waals surface area (Å²) in [5, 5.41) is 8.64. The Labute approximate surface area is 78.8 Å². The highest BCUT2D eigenvalue weighted by Crippen LogP contribution is 2.31. The Kier molecular flexibility index (Phi) is 2.69. The van der Waals surface area contributed by atoms with Gasteiger partial charge >= 0.3 is 0 Å². The van der Waals surface area contributed by atoms with Gasteiger partial charge in [0.25, 0.3) is 0 Å². The average Bonchev–Trinajstić information content (AvgIpc) is 2.31. The van der Waals surface area contributed by atoms with E-state index >= 15 is 0 Å². The molecule has 0 aliphatic carbocycles. The number of rotatable bonds is 1. The normalized spacial score (nSPS) is 10.1. The van der Waals surface area contributed by atoms with Gasteiger partial charge < -0.3 is 0 Å². The van der Waals surface area contributed by atoms with Crippen LogP contribution in [0.4, 0.5) is 0 Å². The molecule has 11 heavy (non-hydrogen) atoms. The van der Waals surface area contributed by atoms with E-state index in [0.717, 1.165) is 9.35 Å². The minimum atomic E-state index is 0.512. The maximum absolute atomic E-state index is 8.64. The second-order valence-corrected chi connectivity index (χ2v) is 5.00. The number of nitrogens with zero attached hydrogens (tertiary/aromatic N) is 1. The molecule has 1 rings (SSSR count). The van der Waals surface area contributed by atoms with Crippen molar-refractivity contribution in [3.8, 4) is 6.07 Å². The van der Waals surface area contributed by atoms with Crippen LogP contribution in [0.15, 0.2) is 9.85 Å². The van der Waals surface area contributed by atoms with E-state index in [9.17, 15) is 0 Å². The molecule has 58 valence electrons. The Hall–Kier alpha value is -0.330. The van der Waals surface area contributed by atoms with Crippen LogP contribution in [0.1, 0.15) is 30.2 Å². The smallest absolute Gasteiger partial charge is 0.101 e. The van der Waals surface area contributed by atoms with Crippen molar-refractivity contribution in [2.24, 2.45) is 0 Å². The summed E-state index contributed by atoms with van der Waals surface area (Å²) in [7, 11) is 0. The molecule has 0 saturated carbocycles. The van der Waals surface area contributed by atoms with Crippen LogP contribution >= 0.6 is 27.3 Å². The van der Waals surface area contributed by atoms with Gasteiger partial charge in [-0.2, -0.15) is 5.26 Å². The van der Waals surface area contributed by atoms with Gasteiger partial charge in [0.15, 0.2) is 0 Å². The van der Waals surface area contributed by atoms with Crippen molar-refractivity contribution < 1.29 is 0 Å². The van der Waals surface area contributed by atoms with Crippen LogP contribution < -0.4 is 0 Å². The Morgan fingerprint density at radius 2 is 2.27 bits per heavy atom. The predicted molar refractivity (Wildman–Crippen MR) is 50.8 cm³/mol. The minimum absolute atomic E-state index is 0.512. The van der Waals surface area contributed by atoms with E-state index in [4.69, 9.17) is 5.26 Å². The zero-order valence-electron chi connectivity index (χ0n) is 6.39. The molecular formula is C8H8BrNS. The number of nitriles is 1. The Morgan fingerprint density at radius 1 is 1.64 bits per heavy atom. The molecule has 0 radical (unpaired) electrons. The molecule has 0 N–H and O–H groups in total. The first-order valence-corrected chi connectivity index (χ1v) is 4.95. The van der Waals surface area contributed by atoms with Gasteiger partial charge in [0.2, 0.25) is 0 Å². The van der Waals surface area contributed by atoms with E-state index in [-0.39, 0.29) is 0 Å². The van der Waals surface area contributed by atoms with Gasteiger partial charge in [0.05, 0.1) is 9.35 Å². The lowest BCUT2D eigenvalue weighted by molar-refractivity contribution is 0.889. The molecule has 1 aromatic rings. The molecular weight excluding hydrogens is 222 g/mol. The maximum Gasteiger partial charge on any atom is 0.101 e. The van der Waals surface area contributed by atoms with E-state index < -0.39 is 0 Å². The first kappa shape index (κ1) is 8.76. The fourth-order valence-corrected chi connectivity index (χ4v) is 2.35. The fourth-order valence-electron chi connectivity index (χ4n) is 0.748. The van der Waals surface area contributed by atoms with Crippen LogP contribution in [0.3, 0.4) is 0 Å². The van der Waals surface area contributed by atoms with E-state index in [2.05, 4.69) is 35.8 Å². The molecule has 0 atom stereocenters. The van der Waals surface area contributed by atoms with E-state index in [1.165, 1.54) is 4.88 Å². The molecule has 0 aliphatic rings. The lowest BCUT2D eigenvalue weighted by Crippen LogP contribution is -1.78. The lowest BCUT2D eigenvalue weighted by atomic mass is 10.1. The van der Waals surface area contributed by atoms with E-state index in [1.807, 2.05) is 6.07 Å². The molecule has 1 heterocycles. The zero-order valence-corrected chi connectivity index (χ0v) is 8.79. The van der Waals surface area contributed by atoms with Gasteiger partial charge in [0.1, 0.15) is 6.07 Å². The summed E-state index contributed by atoms with van der Waals surface area (Å²) in [6.07, 6.45) is 0. The van der Waals surface area contributed by atoms with Gasteiger partial charge in [-0.25, -0.2) is 0 Å². The third kappa shape index (κ3) is 1.82. The van der Waals surface area contributed by atoms with Crippen molar-refractivity contribution in [1.82, 2.24) is 0 Å². The summed E-state index contributed by atoms with van der Waals surface area (Å²) < 4.78 is 0.948. The molecule has 0 spiro atoms. The Bertz CT molecular complexity index is 296. The third-order valence-electron chi connectivity index (χ3n) is 1.40. The monoisotopic (exact) mass is 229 g/mol. The number of thiophene rings is 1. The number of halogens is 1. The van der Waals surface area contributed by atoms with Crippen molar-refractivity contribution in [2.75, 3.05) is 0 Å². The van der Waals surface area contributed by atoms with Crippen molar-refractivity contribution >= 4 is 27.3 Å². The number of hydrogen-bond acceptors (Lipinski definition) is 2. The SMILES string of the molecule is CC(C)c1cc(C#N)c(Br)s1. The molecule has 1 nitrogen and oxygen atoms in total. The molecule has 0 bridgehead atoms. The molecule has 0 aliphatic heterocycles. The fraction of sp³-hybridized carbons (Fsp3) is 0.375. The van der Waals surface area contributed by atoms with Crippen LogP contribution in [0, 0.1) is 11.3 Å². The summed E-state index contributed by atoms with van der Waals surface area (Å²) in [5.74, 6) is 0.512. The summed E-state index contributed by atoms with van der Waals surface area (Å²) >= 11 is 4.98. The van der Waals surface area contributed by atoms with Crippen LogP contribution in [0.2, 0.25) is 0 Å². The molecule has 0 amide bonds. The zero-order chi connectivity index (χ0) is 8.43. The van der Waals surface area contributed by atoms with Crippen LogP contribution in [-0.4, -0.2) is 0 Å². The molecule has 3 heteroatoms. The Morgan fingerprint density at radius 3 is 2.55 bits per heavy atom. The van der Waals surface area contributed by atoms with Crippen LogP contribution in [0.5, 0.6) is 0 Å². The topological polar surface area (TPSA) is 23.8 Å². The highest BCUT2D eigenvalue weighted by atomic mass is 79.9. The highest BCUT2D eigenvalue weighted by molar-refractivity contribution is 9.11. The van der Waals surface area contributed by atoms with Crippen LogP contribution in [0.25, 0.3) is 0 Å². The van der Waals surface area contributed by atoms with Crippen molar-refractivity contribution in [3.05, 3.63) is 20.3 Å². The molecule has 0 unspecified atom stereocenters. The van der Waals surface area contributed by atoms with Crippen molar-refractivity contribution in [1.29, 1.82) is 5.26 Å². The third-order valence-corrected chi connectivity index (χ3v) is 3.53. The standard InChI is InChI=1S/C8H8BrNS/c1-5(2)7-3-6(4-10)8(9)11-7/h3,5H,1-2H3. The first-order valence-electron chi connectivity index (χ1n) is 3.34. The lowest BCUT2D eigenvalue weighted by Gasteiger charge is -1.95. The van der Waals surface area contributed by atoms with Gasteiger partial charge in [-0.1, -0.05) is 13.8 Å². The minimum Gasteiger partial charge on any atom is -0.192 e. The average molecular weight is 230 g/mol. The van der Waals surface area contributed by atoms with Gasteiger partial charge in [-0.15, -0.1) is 11.3 Å². The molecule has 0 fully saturated rings.